The van der Waals surface area contributed by atoms with Crippen molar-refractivity contribution in [1.82, 2.24) is 14.9 Å². The average molecular weight is 453 g/mol. The highest BCUT2D eigenvalue weighted by molar-refractivity contribution is 7.07. The number of aromatic nitrogens is 2. The monoisotopic (exact) mass is 452 g/mol. The largest absolute Gasteiger partial charge is 0.345 e. The highest BCUT2D eigenvalue weighted by Gasteiger charge is 2.19. The first kappa shape index (κ1) is 21.9. The maximum Gasteiger partial charge on any atom is 0.273 e. The van der Waals surface area contributed by atoms with Crippen molar-refractivity contribution in [3.63, 3.8) is 0 Å². The Labute approximate surface area is 194 Å². The molecule has 0 fully saturated rings. The smallest absolute Gasteiger partial charge is 0.273 e. The van der Waals surface area contributed by atoms with Crippen molar-refractivity contribution in [2.45, 2.75) is 13.0 Å². The second kappa shape index (κ2) is 9.90. The molecule has 162 valence electrons. The zero-order valence-corrected chi connectivity index (χ0v) is 18.6. The molecule has 0 aliphatic carbocycles. The molecular weight excluding hydrogens is 432 g/mol. The first-order valence-corrected chi connectivity index (χ1v) is 11.1. The molecule has 1 amide bonds. The number of para-hydroxylation sites is 1. The van der Waals surface area contributed by atoms with Crippen LogP contribution in [-0.4, -0.2) is 15.5 Å². The van der Waals surface area contributed by atoms with E-state index in [1.54, 1.807) is 54.9 Å². The van der Waals surface area contributed by atoms with Crippen molar-refractivity contribution in [3.8, 4) is 11.8 Å². The van der Waals surface area contributed by atoms with Gasteiger partial charge < -0.3 is 5.32 Å². The van der Waals surface area contributed by atoms with Crippen LogP contribution in [0.2, 0.25) is 0 Å². The van der Waals surface area contributed by atoms with E-state index in [9.17, 15) is 14.9 Å². The molecule has 0 aliphatic rings. The van der Waals surface area contributed by atoms with Gasteiger partial charge in [0.05, 0.1) is 16.3 Å². The predicted molar refractivity (Wildman–Crippen MR) is 129 cm³/mol. The molecule has 1 atom stereocenters. The number of hydrogen-bond donors (Lipinski definition) is 1. The second-order valence-electron chi connectivity index (χ2n) is 7.27. The van der Waals surface area contributed by atoms with E-state index in [0.29, 0.717) is 10.2 Å². The number of nitriles is 1. The van der Waals surface area contributed by atoms with Crippen molar-refractivity contribution in [2.24, 2.45) is 0 Å². The molecule has 0 unspecified atom stereocenters. The van der Waals surface area contributed by atoms with Crippen LogP contribution in [0.1, 0.15) is 24.1 Å². The second-order valence-corrected chi connectivity index (χ2v) is 8.30. The van der Waals surface area contributed by atoms with Crippen molar-refractivity contribution in [3.05, 3.63) is 116 Å². The van der Waals surface area contributed by atoms with E-state index in [2.05, 4.69) is 10.3 Å². The number of carbonyl (C=O) groups excluding carboxylic acids is 1. The van der Waals surface area contributed by atoms with E-state index in [1.165, 1.54) is 4.57 Å². The first-order valence-electron chi connectivity index (χ1n) is 10.3. The summed E-state index contributed by atoms with van der Waals surface area (Å²) in [5, 5.41) is 12.8. The Bertz CT molecular complexity index is 1490. The third kappa shape index (κ3) is 4.81. The third-order valence-electron chi connectivity index (χ3n) is 5.04. The standard InChI is InChI=1S/C26H20N4O2S/c1-18(20-8-4-2-5-9-20)29-24(31)22(17-27)26-30(21-10-6-3-7-11-21)25(32)23(33-26)16-19-12-14-28-15-13-19/h2-16,18H,1H3,(H,29,31)/b23-16+,26-22+/t18-/m1/s1. The lowest BCUT2D eigenvalue weighted by Crippen LogP contribution is -2.34. The molecule has 4 aromatic rings. The summed E-state index contributed by atoms with van der Waals surface area (Å²) < 4.78 is 2.12. The fourth-order valence-electron chi connectivity index (χ4n) is 3.36. The molecule has 1 N–H and O–H groups in total. The average Bonchev–Trinajstić information content (AvgIpc) is 3.16. The number of rotatable bonds is 5. The topological polar surface area (TPSA) is 87.8 Å². The number of benzene rings is 2. The summed E-state index contributed by atoms with van der Waals surface area (Å²) in [4.78, 5) is 30.5. The zero-order valence-electron chi connectivity index (χ0n) is 17.8. The Balaban J connectivity index is 1.89. The van der Waals surface area contributed by atoms with Gasteiger partial charge in [0.1, 0.15) is 10.7 Å². The van der Waals surface area contributed by atoms with E-state index < -0.39 is 5.91 Å². The number of pyridine rings is 1. The Morgan fingerprint density at radius 3 is 2.33 bits per heavy atom. The highest BCUT2D eigenvalue weighted by atomic mass is 32.1. The third-order valence-corrected chi connectivity index (χ3v) is 6.13. The molecule has 0 saturated heterocycles. The molecule has 2 heterocycles. The van der Waals surface area contributed by atoms with Crippen LogP contribution in [0.15, 0.2) is 90.0 Å². The summed E-state index contributed by atoms with van der Waals surface area (Å²) in [7, 11) is 0. The van der Waals surface area contributed by atoms with Crippen molar-refractivity contribution in [2.75, 3.05) is 0 Å². The predicted octanol–water partition coefficient (Wildman–Crippen LogP) is 2.67. The maximum absolute atomic E-state index is 13.4. The maximum atomic E-state index is 13.4. The van der Waals surface area contributed by atoms with E-state index >= 15 is 0 Å². The molecule has 0 bridgehead atoms. The van der Waals surface area contributed by atoms with Gasteiger partial charge in [-0.3, -0.25) is 19.1 Å². The minimum Gasteiger partial charge on any atom is -0.345 e. The van der Waals surface area contributed by atoms with Crippen LogP contribution in [0.3, 0.4) is 0 Å². The molecule has 33 heavy (non-hydrogen) atoms. The normalized spacial score (nSPS) is 13.2. The van der Waals surface area contributed by atoms with Gasteiger partial charge in [0.25, 0.3) is 11.5 Å². The molecule has 7 heteroatoms. The Kier molecular flexibility index (Phi) is 6.58. The van der Waals surface area contributed by atoms with Crippen LogP contribution < -0.4 is 20.1 Å². The lowest BCUT2D eigenvalue weighted by atomic mass is 10.1. The first-order chi connectivity index (χ1) is 16.1. The summed E-state index contributed by atoms with van der Waals surface area (Å²) in [5.74, 6) is -0.532. The lowest BCUT2D eigenvalue weighted by molar-refractivity contribution is -0.116. The minimum absolute atomic E-state index is 0.113. The number of hydrogen-bond acceptors (Lipinski definition) is 5. The van der Waals surface area contributed by atoms with Crippen molar-refractivity contribution < 1.29 is 4.79 Å². The Hall–Kier alpha value is -4.28. The summed E-state index contributed by atoms with van der Waals surface area (Å²) in [6, 6.07) is 23.8. The molecule has 0 spiro atoms. The quantitative estimate of drug-likeness (QED) is 0.504. The molecule has 2 aromatic carbocycles. The fraction of sp³-hybridized carbons (Fsp3) is 0.0769. The van der Waals surface area contributed by atoms with Gasteiger partial charge in [0, 0.05) is 12.4 Å². The number of nitrogens with one attached hydrogen (secondary N) is 1. The van der Waals surface area contributed by atoms with Gasteiger partial charge >= 0.3 is 0 Å². The van der Waals surface area contributed by atoms with Crippen LogP contribution in [0.4, 0.5) is 0 Å². The van der Waals surface area contributed by atoms with Gasteiger partial charge in [-0.15, -0.1) is 11.3 Å². The van der Waals surface area contributed by atoms with Crippen LogP contribution in [-0.2, 0) is 4.79 Å². The number of thiazole rings is 1. The fourth-order valence-corrected chi connectivity index (χ4v) is 4.46. The van der Waals surface area contributed by atoms with Gasteiger partial charge in [0.15, 0.2) is 5.57 Å². The molecule has 0 aliphatic heterocycles. The Morgan fingerprint density at radius 1 is 1.06 bits per heavy atom. The summed E-state index contributed by atoms with van der Waals surface area (Å²) in [6.45, 7) is 1.85. The highest BCUT2D eigenvalue weighted by Crippen LogP contribution is 2.12. The van der Waals surface area contributed by atoms with E-state index in [0.717, 1.165) is 22.5 Å². The van der Waals surface area contributed by atoms with Gasteiger partial charge in [-0.25, -0.2) is 0 Å². The van der Waals surface area contributed by atoms with Gasteiger partial charge in [-0.1, -0.05) is 48.5 Å². The van der Waals surface area contributed by atoms with Crippen LogP contribution in [0.5, 0.6) is 0 Å². The molecule has 6 nitrogen and oxygen atoms in total. The van der Waals surface area contributed by atoms with Crippen LogP contribution in [0, 0.1) is 11.3 Å². The zero-order chi connectivity index (χ0) is 23.2. The molecular formula is C26H20N4O2S. The van der Waals surface area contributed by atoms with Gasteiger partial charge in [-0.2, -0.15) is 5.26 Å². The number of carbonyl (C=O) groups is 1. The summed E-state index contributed by atoms with van der Waals surface area (Å²) >= 11 is 1.11. The minimum atomic E-state index is -0.532. The van der Waals surface area contributed by atoms with Crippen molar-refractivity contribution in [1.29, 1.82) is 5.26 Å². The summed E-state index contributed by atoms with van der Waals surface area (Å²) in [6.07, 6.45) is 5.01. The number of nitrogens with zero attached hydrogens (tertiary/aromatic N) is 3. The van der Waals surface area contributed by atoms with Crippen LogP contribution >= 0.6 is 11.3 Å². The van der Waals surface area contributed by atoms with Gasteiger partial charge in [-0.05, 0) is 48.4 Å². The van der Waals surface area contributed by atoms with Crippen molar-refractivity contribution >= 4 is 28.9 Å². The van der Waals surface area contributed by atoms with E-state index in [-0.39, 0.29) is 21.8 Å². The number of amides is 1. The van der Waals surface area contributed by atoms with E-state index in [1.807, 2.05) is 49.4 Å². The molecule has 0 saturated carbocycles. The lowest BCUT2D eigenvalue weighted by Gasteiger charge is -2.13. The molecule has 2 aromatic heterocycles. The van der Waals surface area contributed by atoms with E-state index in [4.69, 9.17) is 0 Å². The summed E-state index contributed by atoms with van der Waals surface area (Å²) in [5.41, 5.74) is 1.89. The van der Waals surface area contributed by atoms with Gasteiger partial charge in [0.2, 0.25) is 0 Å². The molecule has 4 rings (SSSR count). The molecule has 0 radical (unpaired) electrons. The SMILES string of the molecule is C[C@@H](NC(=O)/C(C#N)=c1/s/c(=C/c2ccncc2)c(=O)n1-c1ccccc1)c1ccccc1. The Morgan fingerprint density at radius 2 is 1.70 bits per heavy atom. The van der Waals surface area contributed by atoms with Crippen LogP contribution in [0.25, 0.3) is 17.3 Å².